The van der Waals surface area contributed by atoms with Gasteiger partial charge in [0, 0.05) is 18.7 Å². The van der Waals surface area contributed by atoms with Gasteiger partial charge in [0.1, 0.15) is 6.10 Å². The van der Waals surface area contributed by atoms with E-state index in [4.69, 9.17) is 9.84 Å². The average molecular weight is 272 g/mol. The van der Waals surface area contributed by atoms with Crippen LogP contribution in [0, 0.1) is 0 Å². The standard InChI is InChI=1S/C9H13BN2O7/c13-4-6-5(14)3-9(19-6,10(17)18)12-2-1-7(15)11-8(12)16/h1-2,5-6,13-14,17-18H,3-4H2,(H,11,15,16)/t5-,6+,9-/m0/s1. The molecule has 1 aromatic rings. The van der Waals surface area contributed by atoms with Crippen LogP contribution in [0.5, 0.6) is 0 Å². The Hall–Kier alpha value is -1.46. The normalized spacial score (nSPS) is 30.5. The molecule has 5 N–H and O–H groups in total. The van der Waals surface area contributed by atoms with E-state index in [1.54, 1.807) is 0 Å². The molecule has 1 aliphatic heterocycles. The molecular formula is C9H13BN2O7. The summed E-state index contributed by atoms with van der Waals surface area (Å²) < 4.78 is 6.00. The molecule has 1 fully saturated rings. The van der Waals surface area contributed by atoms with Gasteiger partial charge in [-0.3, -0.25) is 14.3 Å². The summed E-state index contributed by atoms with van der Waals surface area (Å²) in [6.07, 6.45) is -1.51. The van der Waals surface area contributed by atoms with Gasteiger partial charge in [0.2, 0.25) is 0 Å². The van der Waals surface area contributed by atoms with Gasteiger partial charge in [-0.15, -0.1) is 0 Å². The Bertz CT molecular complexity index is 570. The highest BCUT2D eigenvalue weighted by atomic mass is 16.6. The maximum Gasteiger partial charge on any atom is 0.508 e. The van der Waals surface area contributed by atoms with E-state index >= 15 is 0 Å². The molecule has 0 saturated carbocycles. The fourth-order valence-electron chi connectivity index (χ4n) is 2.14. The molecule has 0 aliphatic carbocycles. The molecule has 0 amide bonds. The monoisotopic (exact) mass is 272 g/mol. The summed E-state index contributed by atoms with van der Waals surface area (Å²) in [5.74, 6) is 0. The third-order valence-electron chi connectivity index (χ3n) is 3.10. The van der Waals surface area contributed by atoms with E-state index in [9.17, 15) is 24.7 Å². The van der Waals surface area contributed by atoms with E-state index < -0.39 is 42.8 Å². The van der Waals surface area contributed by atoms with Crippen LogP contribution in [0.3, 0.4) is 0 Å². The summed E-state index contributed by atoms with van der Waals surface area (Å²) in [6, 6.07) is 1.01. The minimum absolute atomic E-state index is 0.318. The first-order valence-corrected chi connectivity index (χ1v) is 5.56. The third-order valence-corrected chi connectivity index (χ3v) is 3.10. The number of aliphatic hydroxyl groups is 2. The number of aromatic amines is 1. The predicted octanol–water partition coefficient (Wildman–Crippen LogP) is -3.66. The molecule has 10 heteroatoms. The second-order valence-corrected chi connectivity index (χ2v) is 4.31. The molecule has 9 nitrogen and oxygen atoms in total. The summed E-state index contributed by atoms with van der Waals surface area (Å²) in [6.45, 7) is -0.548. The van der Waals surface area contributed by atoms with E-state index in [2.05, 4.69) is 0 Å². The van der Waals surface area contributed by atoms with Crippen molar-refractivity contribution in [3.05, 3.63) is 33.1 Å². The highest BCUT2D eigenvalue weighted by molar-refractivity contribution is 6.43. The number of ether oxygens (including phenoxy) is 1. The Labute approximate surface area is 106 Å². The quantitative estimate of drug-likeness (QED) is 0.356. The van der Waals surface area contributed by atoms with Crippen molar-refractivity contribution >= 4 is 7.12 Å². The van der Waals surface area contributed by atoms with E-state index in [1.807, 2.05) is 4.98 Å². The molecule has 1 aliphatic rings. The van der Waals surface area contributed by atoms with Crippen LogP contribution in [0.4, 0.5) is 0 Å². The highest BCUT2D eigenvalue weighted by Crippen LogP contribution is 2.34. The summed E-state index contributed by atoms with van der Waals surface area (Å²) in [5.41, 5.74) is -3.51. The van der Waals surface area contributed by atoms with Gasteiger partial charge in [-0.05, 0) is 0 Å². The summed E-state index contributed by atoms with van der Waals surface area (Å²) in [5, 5.41) is 37.6. The van der Waals surface area contributed by atoms with Crippen LogP contribution < -0.4 is 11.2 Å². The van der Waals surface area contributed by atoms with Crippen LogP contribution >= 0.6 is 0 Å². The Morgan fingerprint density at radius 3 is 2.68 bits per heavy atom. The predicted molar refractivity (Wildman–Crippen MR) is 62.1 cm³/mol. The lowest BCUT2D eigenvalue weighted by molar-refractivity contribution is -0.0866. The number of aromatic nitrogens is 2. The van der Waals surface area contributed by atoms with E-state index in [-0.39, 0.29) is 6.42 Å². The lowest BCUT2D eigenvalue weighted by Gasteiger charge is -2.29. The number of aliphatic hydroxyl groups excluding tert-OH is 2. The van der Waals surface area contributed by atoms with E-state index in [0.29, 0.717) is 0 Å². The first-order valence-electron chi connectivity index (χ1n) is 5.56. The summed E-state index contributed by atoms with van der Waals surface area (Å²) in [7, 11) is -2.12. The fraction of sp³-hybridized carbons (Fsp3) is 0.556. The van der Waals surface area contributed by atoms with Crippen molar-refractivity contribution < 1.29 is 25.0 Å². The van der Waals surface area contributed by atoms with Gasteiger partial charge in [-0.2, -0.15) is 0 Å². The topological polar surface area (TPSA) is 145 Å². The summed E-state index contributed by atoms with van der Waals surface area (Å²) >= 11 is 0. The van der Waals surface area contributed by atoms with Gasteiger partial charge >= 0.3 is 12.8 Å². The molecule has 19 heavy (non-hydrogen) atoms. The van der Waals surface area contributed by atoms with Crippen LogP contribution in [0.25, 0.3) is 0 Å². The zero-order valence-electron chi connectivity index (χ0n) is 9.76. The van der Waals surface area contributed by atoms with Gasteiger partial charge in [0.25, 0.3) is 5.56 Å². The van der Waals surface area contributed by atoms with Crippen molar-refractivity contribution in [3.8, 4) is 0 Å². The van der Waals surface area contributed by atoms with Gasteiger partial charge in [-0.25, -0.2) is 4.79 Å². The smallest absolute Gasteiger partial charge is 0.424 e. The van der Waals surface area contributed by atoms with Crippen LogP contribution in [0.2, 0.25) is 0 Å². The van der Waals surface area contributed by atoms with E-state index in [0.717, 1.165) is 16.8 Å². The third kappa shape index (κ3) is 2.24. The molecule has 104 valence electrons. The number of nitrogens with zero attached hydrogens (tertiary/aromatic N) is 1. The second-order valence-electron chi connectivity index (χ2n) is 4.31. The number of H-pyrrole nitrogens is 1. The maximum atomic E-state index is 11.7. The number of nitrogens with one attached hydrogen (secondary N) is 1. The van der Waals surface area contributed by atoms with Gasteiger partial charge in [0.05, 0.1) is 12.7 Å². The molecule has 0 unspecified atom stereocenters. The molecule has 3 atom stereocenters. The molecular weight excluding hydrogens is 259 g/mol. The van der Waals surface area contributed by atoms with Crippen molar-refractivity contribution in [1.29, 1.82) is 0 Å². The molecule has 1 saturated heterocycles. The Morgan fingerprint density at radius 2 is 2.21 bits per heavy atom. The lowest BCUT2D eigenvalue weighted by Crippen LogP contribution is -2.54. The molecule has 1 aromatic heterocycles. The van der Waals surface area contributed by atoms with Gasteiger partial charge in [-0.1, -0.05) is 0 Å². The average Bonchev–Trinajstić information content (AvgIpc) is 2.67. The van der Waals surface area contributed by atoms with Gasteiger partial charge < -0.3 is 25.0 Å². The summed E-state index contributed by atoms with van der Waals surface area (Å²) in [4.78, 5) is 24.6. The van der Waals surface area contributed by atoms with Gasteiger partial charge in [0.15, 0.2) is 5.62 Å². The van der Waals surface area contributed by atoms with Crippen LogP contribution in [-0.4, -0.2) is 55.7 Å². The highest BCUT2D eigenvalue weighted by Gasteiger charge is 2.55. The van der Waals surface area contributed by atoms with Crippen molar-refractivity contribution in [2.75, 3.05) is 6.61 Å². The maximum absolute atomic E-state index is 11.7. The zero-order chi connectivity index (χ0) is 14.2. The number of rotatable bonds is 3. The first-order chi connectivity index (χ1) is 8.90. The lowest BCUT2D eigenvalue weighted by atomic mass is 9.72. The Balaban J connectivity index is 2.53. The van der Waals surface area contributed by atoms with Crippen molar-refractivity contribution in [2.24, 2.45) is 0 Å². The zero-order valence-corrected chi connectivity index (χ0v) is 9.76. The molecule has 0 spiro atoms. The van der Waals surface area contributed by atoms with Crippen LogP contribution in [0.15, 0.2) is 21.9 Å². The minimum atomic E-state index is -2.12. The second kappa shape index (κ2) is 4.91. The van der Waals surface area contributed by atoms with Crippen molar-refractivity contribution in [2.45, 2.75) is 24.3 Å². The van der Waals surface area contributed by atoms with Crippen LogP contribution in [0.1, 0.15) is 6.42 Å². The minimum Gasteiger partial charge on any atom is -0.424 e. The van der Waals surface area contributed by atoms with Crippen LogP contribution in [-0.2, 0) is 10.4 Å². The molecule has 0 radical (unpaired) electrons. The largest absolute Gasteiger partial charge is 0.508 e. The Kier molecular flexibility index (Phi) is 3.61. The Morgan fingerprint density at radius 1 is 1.53 bits per heavy atom. The fourth-order valence-corrected chi connectivity index (χ4v) is 2.14. The molecule has 0 bridgehead atoms. The van der Waals surface area contributed by atoms with Crippen molar-refractivity contribution in [1.82, 2.24) is 9.55 Å². The SMILES string of the molecule is O=c1ccn([C@@]2(B(O)O)C[C@H](O)[C@@H](CO)O2)c(=O)[nH]1. The van der Waals surface area contributed by atoms with E-state index in [1.165, 1.54) is 0 Å². The number of hydrogen-bond donors (Lipinski definition) is 5. The molecule has 2 heterocycles. The first kappa shape index (κ1) is 14.0. The number of hydrogen-bond acceptors (Lipinski definition) is 7. The van der Waals surface area contributed by atoms with Crippen molar-refractivity contribution in [3.63, 3.8) is 0 Å². The molecule has 0 aromatic carbocycles. The molecule has 2 rings (SSSR count).